The Labute approximate surface area is 107 Å². The van der Waals surface area contributed by atoms with Crippen LogP contribution in [0.1, 0.15) is 46.5 Å². The molecule has 0 unspecified atom stereocenters. The molecule has 0 saturated heterocycles. The van der Waals surface area contributed by atoms with Gasteiger partial charge in [0, 0.05) is 12.3 Å². The van der Waals surface area contributed by atoms with Crippen LogP contribution in [0.3, 0.4) is 0 Å². The molecule has 2 saturated carbocycles. The van der Waals surface area contributed by atoms with Crippen molar-refractivity contribution in [1.29, 1.82) is 0 Å². The van der Waals surface area contributed by atoms with Gasteiger partial charge in [-0.15, -0.1) is 0 Å². The average molecular weight is 248 g/mol. The second kappa shape index (κ2) is 3.25. The highest BCUT2D eigenvalue weighted by Crippen LogP contribution is 2.69. The summed E-state index contributed by atoms with van der Waals surface area (Å²) in [7, 11) is 0. The molecule has 3 heteroatoms. The number of ketones is 1. The average Bonchev–Trinajstić information content (AvgIpc) is 2.89. The summed E-state index contributed by atoms with van der Waals surface area (Å²) >= 11 is 0. The Morgan fingerprint density at radius 1 is 1.33 bits per heavy atom. The van der Waals surface area contributed by atoms with Crippen molar-refractivity contribution in [2.45, 2.75) is 46.5 Å². The molecule has 0 amide bonds. The molecule has 0 aromatic rings. The van der Waals surface area contributed by atoms with Crippen LogP contribution in [0.15, 0.2) is 11.1 Å². The van der Waals surface area contributed by atoms with Gasteiger partial charge in [0.1, 0.15) is 0 Å². The predicted molar refractivity (Wildman–Crippen MR) is 67.0 cm³/mol. The van der Waals surface area contributed by atoms with E-state index in [1.807, 2.05) is 6.92 Å². The van der Waals surface area contributed by atoms with E-state index in [9.17, 15) is 14.7 Å². The van der Waals surface area contributed by atoms with E-state index in [1.54, 1.807) is 0 Å². The van der Waals surface area contributed by atoms with Crippen molar-refractivity contribution in [3.05, 3.63) is 11.1 Å². The number of allylic oxidation sites excluding steroid dienone is 2. The highest BCUT2D eigenvalue weighted by Gasteiger charge is 2.68. The molecule has 0 aromatic heterocycles. The van der Waals surface area contributed by atoms with E-state index in [0.717, 1.165) is 30.4 Å². The van der Waals surface area contributed by atoms with E-state index in [1.165, 1.54) is 0 Å². The summed E-state index contributed by atoms with van der Waals surface area (Å²) in [4.78, 5) is 23.6. The van der Waals surface area contributed by atoms with Crippen LogP contribution in [-0.4, -0.2) is 16.9 Å². The van der Waals surface area contributed by atoms with Crippen LogP contribution in [0.25, 0.3) is 0 Å². The maximum Gasteiger partial charge on any atom is 0.310 e. The smallest absolute Gasteiger partial charge is 0.310 e. The highest BCUT2D eigenvalue weighted by atomic mass is 16.4. The van der Waals surface area contributed by atoms with Crippen molar-refractivity contribution in [3.63, 3.8) is 0 Å². The van der Waals surface area contributed by atoms with E-state index < -0.39 is 11.4 Å². The molecule has 3 aliphatic carbocycles. The number of Topliss-reactive ketones (excluding diaryl/α,β-unsaturated/α-hetero) is 1. The molecular weight excluding hydrogens is 228 g/mol. The normalized spacial score (nSPS) is 41.2. The molecule has 18 heavy (non-hydrogen) atoms. The lowest BCUT2D eigenvalue weighted by Gasteiger charge is -2.25. The van der Waals surface area contributed by atoms with Crippen LogP contribution < -0.4 is 0 Å². The first-order chi connectivity index (χ1) is 8.28. The van der Waals surface area contributed by atoms with Crippen LogP contribution in [-0.2, 0) is 9.59 Å². The fraction of sp³-hybridized carbons (Fsp3) is 0.733. The van der Waals surface area contributed by atoms with E-state index in [4.69, 9.17) is 0 Å². The molecule has 0 heterocycles. The molecule has 2 fully saturated rings. The van der Waals surface area contributed by atoms with E-state index in [2.05, 4.69) is 13.8 Å². The molecule has 3 rings (SSSR count). The maximum atomic E-state index is 11.9. The van der Waals surface area contributed by atoms with Gasteiger partial charge < -0.3 is 5.11 Å². The Balaban J connectivity index is 2.11. The molecule has 3 nitrogen and oxygen atoms in total. The fourth-order valence-corrected chi connectivity index (χ4v) is 4.35. The van der Waals surface area contributed by atoms with Crippen molar-refractivity contribution in [3.8, 4) is 0 Å². The summed E-state index contributed by atoms with van der Waals surface area (Å²) in [6.07, 6.45) is 3.06. The lowest BCUT2D eigenvalue weighted by atomic mass is 9.79. The summed E-state index contributed by atoms with van der Waals surface area (Å²) in [6, 6.07) is 0. The second-order valence-electron chi connectivity index (χ2n) is 7.12. The number of carboxylic acid groups (broad SMARTS) is 1. The van der Waals surface area contributed by atoms with Crippen molar-refractivity contribution in [1.82, 2.24) is 0 Å². The molecule has 0 radical (unpaired) electrons. The van der Waals surface area contributed by atoms with E-state index >= 15 is 0 Å². The number of aliphatic carboxylic acids is 1. The van der Waals surface area contributed by atoms with Gasteiger partial charge in [0.05, 0.1) is 5.41 Å². The van der Waals surface area contributed by atoms with Gasteiger partial charge >= 0.3 is 5.97 Å². The lowest BCUT2D eigenvalue weighted by Crippen LogP contribution is -2.27. The summed E-state index contributed by atoms with van der Waals surface area (Å²) in [5.74, 6) is -0.269. The SMILES string of the molecule is CC1=C2CC(C)(C)C[C@H]3C[C@@]3(C(=O)O)[C@@H]2CC1=O. The Bertz CT molecular complexity index is 486. The van der Waals surface area contributed by atoms with Gasteiger partial charge in [-0.25, -0.2) is 0 Å². The van der Waals surface area contributed by atoms with Crippen molar-refractivity contribution in [2.24, 2.45) is 22.7 Å². The third-order valence-electron chi connectivity index (χ3n) is 5.35. The highest BCUT2D eigenvalue weighted by molar-refractivity contribution is 6.00. The summed E-state index contributed by atoms with van der Waals surface area (Å²) in [6.45, 7) is 6.28. The van der Waals surface area contributed by atoms with E-state index in [-0.39, 0.29) is 23.0 Å². The minimum Gasteiger partial charge on any atom is -0.481 e. The summed E-state index contributed by atoms with van der Waals surface area (Å²) in [5, 5.41) is 9.62. The molecule has 3 aliphatic rings. The van der Waals surface area contributed by atoms with Gasteiger partial charge in [0.25, 0.3) is 0 Å². The van der Waals surface area contributed by atoms with E-state index in [0.29, 0.717) is 6.42 Å². The molecule has 3 atom stereocenters. The van der Waals surface area contributed by atoms with Gasteiger partial charge in [-0.1, -0.05) is 19.4 Å². The zero-order valence-corrected chi connectivity index (χ0v) is 11.2. The number of fused-ring (bicyclic) bond motifs is 3. The second-order valence-corrected chi connectivity index (χ2v) is 7.12. The molecule has 0 spiro atoms. The molecule has 98 valence electrons. The minimum atomic E-state index is -0.685. The quantitative estimate of drug-likeness (QED) is 0.776. The number of rotatable bonds is 1. The monoisotopic (exact) mass is 248 g/mol. The van der Waals surface area contributed by atoms with Gasteiger partial charge in [-0.05, 0) is 43.1 Å². The van der Waals surface area contributed by atoms with Gasteiger partial charge in [-0.3, -0.25) is 9.59 Å². The third-order valence-corrected chi connectivity index (χ3v) is 5.35. The maximum absolute atomic E-state index is 11.9. The number of hydrogen-bond acceptors (Lipinski definition) is 2. The third kappa shape index (κ3) is 1.36. The van der Waals surface area contributed by atoms with Crippen LogP contribution in [0.2, 0.25) is 0 Å². The lowest BCUT2D eigenvalue weighted by molar-refractivity contribution is -0.145. The van der Waals surface area contributed by atoms with Gasteiger partial charge in [0.15, 0.2) is 5.78 Å². The van der Waals surface area contributed by atoms with Gasteiger partial charge in [-0.2, -0.15) is 0 Å². The van der Waals surface area contributed by atoms with Crippen LogP contribution in [0.5, 0.6) is 0 Å². The summed E-state index contributed by atoms with van der Waals surface area (Å²) in [5.41, 5.74) is 1.50. The minimum absolute atomic E-state index is 0.0192. The van der Waals surface area contributed by atoms with Gasteiger partial charge in [0.2, 0.25) is 0 Å². The van der Waals surface area contributed by atoms with Crippen molar-refractivity contribution >= 4 is 11.8 Å². The number of carbonyl (C=O) groups is 2. The largest absolute Gasteiger partial charge is 0.481 e. The Morgan fingerprint density at radius 3 is 2.61 bits per heavy atom. The van der Waals surface area contributed by atoms with Crippen LogP contribution >= 0.6 is 0 Å². The fourth-order valence-electron chi connectivity index (χ4n) is 4.35. The number of carboxylic acids is 1. The van der Waals surface area contributed by atoms with Crippen molar-refractivity contribution in [2.75, 3.05) is 0 Å². The first kappa shape index (κ1) is 11.9. The zero-order valence-electron chi connectivity index (χ0n) is 11.2. The predicted octanol–water partition coefficient (Wildman–Crippen LogP) is 2.80. The summed E-state index contributed by atoms with van der Waals surface area (Å²) < 4.78 is 0. The Morgan fingerprint density at radius 2 is 2.00 bits per heavy atom. The Hall–Kier alpha value is -1.12. The van der Waals surface area contributed by atoms with Crippen LogP contribution in [0, 0.1) is 22.7 Å². The standard InChI is InChI=1S/C15H20O3/c1-8-10-7-14(2,3)5-9-6-15(9,13(17)18)11(10)4-12(8)16/h9,11H,4-7H2,1-3H3,(H,17,18)/t9-,11+,15-/m0/s1. The first-order valence-corrected chi connectivity index (χ1v) is 6.74. The molecule has 0 bridgehead atoms. The Kier molecular flexibility index (Phi) is 2.16. The zero-order chi connectivity index (χ0) is 13.3. The molecular formula is C15H20O3. The number of carbonyl (C=O) groups excluding carboxylic acids is 1. The first-order valence-electron chi connectivity index (χ1n) is 6.74. The molecule has 1 N–H and O–H groups in total. The topological polar surface area (TPSA) is 54.4 Å². The number of hydrogen-bond donors (Lipinski definition) is 1. The van der Waals surface area contributed by atoms with Crippen LogP contribution in [0.4, 0.5) is 0 Å². The molecule has 0 aromatic carbocycles. The molecule has 0 aliphatic heterocycles. The van der Waals surface area contributed by atoms with Crippen molar-refractivity contribution < 1.29 is 14.7 Å².